The van der Waals surface area contributed by atoms with E-state index in [2.05, 4.69) is 13.0 Å². The molecular weight excluding hydrogens is 176 g/mol. The van der Waals surface area contributed by atoms with E-state index in [1.165, 1.54) is 11.1 Å². The minimum atomic E-state index is 0.656. The van der Waals surface area contributed by atoms with Crippen LogP contribution in [-0.2, 0) is 4.89 Å². The smallest absolute Gasteiger partial charge is 0.165 e. The molecule has 0 fully saturated rings. The van der Waals surface area contributed by atoms with Gasteiger partial charge in [0.2, 0.25) is 0 Å². The molecule has 14 heavy (non-hydrogen) atoms. The molecule has 0 aliphatic carbocycles. The van der Waals surface area contributed by atoms with Gasteiger partial charge in [-0.1, -0.05) is 19.4 Å². The van der Waals surface area contributed by atoms with Gasteiger partial charge < -0.3 is 4.89 Å². The van der Waals surface area contributed by atoms with Crippen LogP contribution in [0.1, 0.15) is 30.9 Å². The van der Waals surface area contributed by atoms with Crippen molar-refractivity contribution in [3.05, 3.63) is 29.3 Å². The van der Waals surface area contributed by atoms with Crippen LogP contribution in [0.25, 0.3) is 0 Å². The van der Waals surface area contributed by atoms with Gasteiger partial charge in [0.05, 0.1) is 6.61 Å². The van der Waals surface area contributed by atoms with Gasteiger partial charge in [-0.25, -0.2) is 0 Å². The lowest BCUT2D eigenvalue weighted by Gasteiger charge is -2.06. The zero-order chi connectivity index (χ0) is 10.4. The normalized spacial score (nSPS) is 10.2. The average molecular weight is 194 g/mol. The highest BCUT2D eigenvalue weighted by atomic mass is 17.2. The molecule has 0 aliphatic rings. The molecule has 0 bridgehead atoms. The van der Waals surface area contributed by atoms with E-state index >= 15 is 0 Å². The Hall–Kier alpha value is -1.02. The van der Waals surface area contributed by atoms with Crippen LogP contribution in [0.4, 0.5) is 0 Å². The lowest BCUT2D eigenvalue weighted by molar-refractivity contribution is -0.207. The maximum absolute atomic E-state index is 5.17. The number of rotatable bonds is 5. The van der Waals surface area contributed by atoms with Crippen molar-refractivity contribution in [1.82, 2.24) is 0 Å². The van der Waals surface area contributed by atoms with Gasteiger partial charge in [0, 0.05) is 0 Å². The van der Waals surface area contributed by atoms with Crippen molar-refractivity contribution < 1.29 is 9.78 Å². The Labute approximate surface area is 85.8 Å². The molecule has 78 valence electrons. The standard InChI is InChI=1S/C12H18O2/c1-4-5-6-13-14-12-8-10(2)7-11(3)9-12/h7-9H,4-6H2,1-3H3. The highest BCUT2D eigenvalue weighted by Crippen LogP contribution is 2.16. The van der Waals surface area contributed by atoms with Crippen LogP contribution in [0.15, 0.2) is 18.2 Å². The van der Waals surface area contributed by atoms with Gasteiger partial charge in [0.1, 0.15) is 0 Å². The summed E-state index contributed by atoms with van der Waals surface area (Å²) in [6.45, 7) is 6.88. The largest absolute Gasteiger partial charge is 0.338 e. The Balaban J connectivity index is 2.42. The van der Waals surface area contributed by atoms with E-state index in [1.807, 2.05) is 26.0 Å². The van der Waals surface area contributed by atoms with E-state index in [9.17, 15) is 0 Å². The second-order valence-corrected chi connectivity index (χ2v) is 3.58. The van der Waals surface area contributed by atoms with Gasteiger partial charge in [0.15, 0.2) is 5.75 Å². The first-order chi connectivity index (χ1) is 6.72. The molecule has 0 saturated heterocycles. The minimum Gasteiger partial charge on any atom is -0.338 e. The summed E-state index contributed by atoms with van der Waals surface area (Å²) in [4.78, 5) is 10.2. The molecule has 0 radical (unpaired) electrons. The molecule has 2 nitrogen and oxygen atoms in total. The third-order valence-corrected chi connectivity index (χ3v) is 1.93. The maximum Gasteiger partial charge on any atom is 0.165 e. The zero-order valence-corrected chi connectivity index (χ0v) is 9.17. The molecule has 0 atom stereocenters. The van der Waals surface area contributed by atoms with Crippen molar-refractivity contribution in [3.63, 3.8) is 0 Å². The highest BCUT2D eigenvalue weighted by molar-refractivity contribution is 5.32. The summed E-state index contributed by atoms with van der Waals surface area (Å²) in [6.07, 6.45) is 2.15. The third kappa shape index (κ3) is 3.79. The summed E-state index contributed by atoms with van der Waals surface area (Å²) in [7, 11) is 0. The van der Waals surface area contributed by atoms with Crippen molar-refractivity contribution in [2.75, 3.05) is 6.61 Å². The van der Waals surface area contributed by atoms with E-state index in [1.54, 1.807) is 0 Å². The van der Waals surface area contributed by atoms with E-state index in [0.717, 1.165) is 18.6 Å². The summed E-state index contributed by atoms with van der Waals surface area (Å²) in [6, 6.07) is 6.05. The SMILES string of the molecule is CCCCOOc1cc(C)cc(C)c1. The Morgan fingerprint density at radius 1 is 1.07 bits per heavy atom. The van der Waals surface area contributed by atoms with E-state index in [0.29, 0.717) is 6.61 Å². The molecule has 0 unspecified atom stereocenters. The van der Waals surface area contributed by atoms with Crippen LogP contribution in [0.5, 0.6) is 5.75 Å². The molecule has 2 heteroatoms. The van der Waals surface area contributed by atoms with Crippen LogP contribution in [0.3, 0.4) is 0 Å². The maximum atomic E-state index is 5.17. The number of hydrogen-bond acceptors (Lipinski definition) is 2. The molecule has 1 aromatic rings. The number of unbranched alkanes of at least 4 members (excludes halogenated alkanes) is 1. The molecule has 1 rings (SSSR count). The molecule has 0 aromatic heterocycles. The first-order valence-corrected chi connectivity index (χ1v) is 5.10. The molecular formula is C12H18O2. The summed E-state index contributed by atoms with van der Waals surface area (Å²) in [5, 5.41) is 0. The quantitative estimate of drug-likeness (QED) is 0.406. The van der Waals surface area contributed by atoms with Gasteiger partial charge in [-0.2, -0.15) is 4.89 Å². The van der Waals surface area contributed by atoms with Crippen molar-refractivity contribution in [1.29, 1.82) is 0 Å². The summed E-state index contributed by atoms with van der Waals surface area (Å²) >= 11 is 0. The second kappa shape index (κ2) is 5.66. The number of aryl methyl sites for hydroxylation is 2. The number of benzene rings is 1. The Morgan fingerprint density at radius 3 is 2.29 bits per heavy atom. The molecule has 0 heterocycles. The van der Waals surface area contributed by atoms with E-state index < -0.39 is 0 Å². The number of hydrogen-bond donors (Lipinski definition) is 0. The van der Waals surface area contributed by atoms with Crippen LogP contribution in [0, 0.1) is 13.8 Å². The van der Waals surface area contributed by atoms with Gasteiger partial charge >= 0.3 is 0 Å². The van der Waals surface area contributed by atoms with Gasteiger partial charge in [-0.05, 0) is 43.5 Å². The molecule has 0 amide bonds. The first-order valence-electron chi connectivity index (χ1n) is 5.10. The summed E-state index contributed by atoms with van der Waals surface area (Å²) in [5.74, 6) is 0.790. The fourth-order valence-corrected chi connectivity index (χ4v) is 1.29. The van der Waals surface area contributed by atoms with Crippen molar-refractivity contribution in [2.24, 2.45) is 0 Å². The van der Waals surface area contributed by atoms with Gasteiger partial charge in [-0.3, -0.25) is 0 Å². The monoisotopic (exact) mass is 194 g/mol. The molecule has 0 aliphatic heterocycles. The van der Waals surface area contributed by atoms with Crippen molar-refractivity contribution in [3.8, 4) is 5.75 Å². The lowest BCUT2D eigenvalue weighted by atomic mass is 10.1. The molecule has 0 saturated carbocycles. The van der Waals surface area contributed by atoms with Crippen LogP contribution < -0.4 is 4.89 Å². The minimum absolute atomic E-state index is 0.656. The Morgan fingerprint density at radius 2 is 1.71 bits per heavy atom. The van der Waals surface area contributed by atoms with Crippen LogP contribution in [0.2, 0.25) is 0 Å². The average Bonchev–Trinajstić information content (AvgIpc) is 2.11. The van der Waals surface area contributed by atoms with Crippen molar-refractivity contribution >= 4 is 0 Å². The van der Waals surface area contributed by atoms with Crippen LogP contribution in [-0.4, -0.2) is 6.61 Å². The Kier molecular flexibility index (Phi) is 4.47. The van der Waals surface area contributed by atoms with E-state index in [4.69, 9.17) is 9.78 Å². The molecule has 1 aromatic carbocycles. The highest BCUT2D eigenvalue weighted by Gasteiger charge is 1.97. The predicted octanol–water partition coefficient (Wildman–Crippen LogP) is 3.41. The fourth-order valence-electron chi connectivity index (χ4n) is 1.29. The summed E-state index contributed by atoms with van der Waals surface area (Å²) < 4.78 is 0. The van der Waals surface area contributed by atoms with Crippen LogP contribution >= 0.6 is 0 Å². The first kappa shape index (κ1) is 11.1. The van der Waals surface area contributed by atoms with Crippen molar-refractivity contribution in [2.45, 2.75) is 33.6 Å². The van der Waals surface area contributed by atoms with E-state index in [-0.39, 0.29) is 0 Å². The summed E-state index contributed by atoms with van der Waals surface area (Å²) in [5.41, 5.74) is 2.39. The topological polar surface area (TPSA) is 18.5 Å². The van der Waals surface area contributed by atoms with Gasteiger partial charge in [-0.15, -0.1) is 0 Å². The zero-order valence-electron chi connectivity index (χ0n) is 9.17. The second-order valence-electron chi connectivity index (χ2n) is 3.58. The Bertz CT molecular complexity index is 261. The lowest BCUT2D eigenvalue weighted by Crippen LogP contribution is -1.99. The predicted molar refractivity (Wildman–Crippen MR) is 57.4 cm³/mol. The third-order valence-electron chi connectivity index (χ3n) is 1.93. The molecule has 0 spiro atoms. The van der Waals surface area contributed by atoms with Gasteiger partial charge in [0.25, 0.3) is 0 Å². The fraction of sp³-hybridized carbons (Fsp3) is 0.500. The molecule has 0 N–H and O–H groups in total.